The minimum Gasteiger partial charge on any atom is -0.339 e. The summed E-state index contributed by atoms with van der Waals surface area (Å²) in [5.41, 5.74) is 2.00. The number of nitrogens with zero attached hydrogens (tertiary/aromatic N) is 1. The number of hydrogen-bond acceptors (Lipinski definition) is 2. The highest BCUT2D eigenvalue weighted by Crippen LogP contribution is 2.25. The number of aromatic nitrogens is 1. The summed E-state index contributed by atoms with van der Waals surface area (Å²) in [4.78, 5) is 4.28. The number of rotatable bonds is 2. The fraction of sp³-hybridized carbons (Fsp3) is 0.0833. The van der Waals surface area contributed by atoms with E-state index in [1.165, 1.54) is 0 Å². The zero-order valence-electron chi connectivity index (χ0n) is 8.67. The largest absolute Gasteiger partial charge is 0.339 e. The van der Waals surface area contributed by atoms with Gasteiger partial charge in [0.1, 0.15) is 10.4 Å². The van der Waals surface area contributed by atoms with Crippen LogP contribution in [0.2, 0.25) is 5.02 Å². The molecule has 0 atom stereocenters. The lowest BCUT2D eigenvalue weighted by atomic mass is 10.2. The molecule has 1 N–H and O–H groups in total. The standard InChI is InChI=1S/C12H10BrClN2/c1-8-5-6-10(9(14)7-8)15-12-4-2-3-11(13)16-12/h2-7H,1H3,(H,15,16). The zero-order valence-corrected chi connectivity index (χ0v) is 11.0. The van der Waals surface area contributed by atoms with Crippen molar-refractivity contribution in [1.82, 2.24) is 4.98 Å². The molecular weight excluding hydrogens is 288 g/mol. The van der Waals surface area contributed by atoms with Gasteiger partial charge in [-0.2, -0.15) is 0 Å². The first-order chi connectivity index (χ1) is 7.65. The number of benzene rings is 1. The first kappa shape index (κ1) is 11.4. The van der Waals surface area contributed by atoms with E-state index in [2.05, 4.69) is 26.2 Å². The molecule has 1 aromatic carbocycles. The van der Waals surface area contributed by atoms with Gasteiger partial charge in [0.15, 0.2) is 0 Å². The van der Waals surface area contributed by atoms with Gasteiger partial charge in [-0.1, -0.05) is 23.7 Å². The summed E-state index contributed by atoms with van der Waals surface area (Å²) in [7, 11) is 0. The maximum atomic E-state index is 6.12. The molecule has 0 aliphatic rings. The summed E-state index contributed by atoms with van der Waals surface area (Å²) in [6.45, 7) is 2.01. The Kier molecular flexibility index (Phi) is 3.46. The molecule has 2 aromatic rings. The van der Waals surface area contributed by atoms with Crippen molar-refractivity contribution in [3.63, 3.8) is 0 Å². The first-order valence-corrected chi connectivity index (χ1v) is 5.98. The number of nitrogens with one attached hydrogen (secondary N) is 1. The van der Waals surface area contributed by atoms with Crippen LogP contribution in [0.1, 0.15) is 5.56 Å². The average molecular weight is 298 g/mol. The second-order valence-electron chi connectivity index (χ2n) is 3.45. The molecule has 0 saturated carbocycles. The number of aryl methyl sites for hydroxylation is 1. The van der Waals surface area contributed by atoms with Crippen LogP contribution in [0.4, 0.5) is 11.5 Å². The van der Waals surface area contributed by atoms with Crippen LogP contribution >= 0.6 is 27.5 Å². The smallest absolute Gasteiger partial charge is 0.131 e. The topological polar surface area (TPSA) is 24.9 Å². The molecule has 1 heterocycles. The Morgan fingerprint density at radius 3 is 2.75 bits per heavy atom. The van der Waals surface area contributed by atoms with Crippen molar-refractivity contribution in [2.24, 2.45) is 0 Å². The Hall–Kier alpha value is -1.06. The number of anilines is 2. The summed E-state index contributed by atoms with van der Waals surface area (Å²) in [6.07, 6.45) is 0. The maximum absolute atomic E-state index is 6.12. The molecule has 2 nitrogen and oxygen atoms in total. The highest BCUT2D eigenvalue weighted by atomic mass is 79.9. The van der Waals surface area contributed by atoms with E-state index in [0.29, 0.717) is 5.02 Å². The second kappa shape index (κ2) is 4.85. The van der Waals surface area contributed by atoms with Crippen LogP contribution in [0.3, 0.4) is 0 Å². The van der Waals surface area contributed by atoms with Gasteiger partial charge in [-0.3, -0.25) is 0 Å². The van der Waals surface area contributed by atoms with Gasteiger partial charge in [-0.25, -0.2) is 4.98 Å². The van der Waals surface area contributed by atoms with Crippen molar-refractivity contribution in [2.75, 3.05) is 5.32 Å². The van der Waals surface area contributed by atoms with E-state index in [0.717, 1.165) is 21.7 Å². The predicted molar refractivity (Wildman–Crippen MR) is 71.4 cm³/mol. The van der Waals surface area contributed by atoms with E-state index in [4.69, 9.17) is 11.6 Å². The van der Waals surface area contributed by atoms with Crippen LogP contribution in [-0.2, 0) is 0 Å². The van der Waals surface area contributed by atoms with E-state index in [-0.39, 0.29) is 0 Å². The van der Waals surface area contributed by atoms with Gasteiger partial charge in [-0.05, 0) is 52.7 Å². The molecule has 0 radical (unpaired) electrons. The summed E-state index contributed by atoms with van der Waals surface area (Å²) >= 11 is 9.44. The fourth-order valence-electron chi connectivity index (χ4n) is 1.34. The summed E-state index contributed by atoms with van der Waals surface area (Å²) in [5, 5.41) is 3.86. The fourth-order valence-corrected chi connectivity index (χ4v) is 1.96. The maximum Gasteiger partial charge on any atom is 0.131 e. The van der Waals surface area contributed by atoms with Crippen molar-refractivity contribution in [1.29, 1.82) is 0 Å². The van der Waals surface area contributed by atoms with Crippen molar-refractivity contribution >= 4 is 39.0 Å². The molecule has 0 spiro atoms. The molecule has 0 unspecified atom stereocenters. The van der Waals surface area contributed by atoms with Crippen LogP contribution in [0, 0.1) is 6.92 Å². The summed E-state index contributed by atoms with van der Waals surface area (Å²) in [5.74, 6) is 0.764. The number of pyridine rings is 1. The molecule has 1 aromatic heterocycles. The van der Waals surface area contributed by atoms with E-state index >= 15 is 0 Å². The van der Waals surface area contributed by atoms with E-state index < -0.39 is 0 Å². The normalized spacial score (nSPS) is 10.2. The molecule has 0 saturated heterocycles. The van der Waals surface area contributed by atoms with Gasteiger partial charge >= 0.3 is 0 Å². The Bertz CT molecular complexity index is 514. The monoisotopic (exact) mass is 296 g/mol. The lowest BCUT2D eigenvalue weighted by Crippen LogP contribution is -1.94. The minimum atomic E-state index is 0.696. The molecule has 0 fully saturated rings. The molecule has 0 aliphatic heterocycles. The predicted octanol–water partition coefficient (Wildman–Crippen LogP) is 4.55. The molecule has 0 bridgehead atoms. The van der Waals surface area contributed by atoms with E-state index in [1.54, 1.807) is 0 Å². The van der Waals surface area contributed by atoms with E-state index in [9.17, 15) is 0 Å². The van der Waals surface area contributed by atoms with Gasteiger partial charge < -0.3 is 5.32 Å². The number of hydrogen-bond donors (Lipinski definition) is 1. The molecule has 2 rings (SSSR count). The quantitative estimate of drug-likeness (QED) is 0.823. The molecule has 82 valence electrons. The molecular formula is C12H10BrClN2. The molecule has 4 heteroatoms. The Balaban J connectivity index is 2.27. The molecule has 0 amide bonds. The zero-order chi connectivity index (χ0) is 11.5. The van der Waals surface area contributed by atoms with Crippen molar-refractivity contribution in [3.05, 3.63) is 51.6 Å². The van der Waals surface area contributed by atoms with Gasteiger partial charge in [0, 0.05) is 0 Å². The number of halogens is 2. The second-order valence-corrected chi connectivity index (χ2v) is 4.67. The highest BCUT2D eigenvalue weighted by Gasteiger charge is 2.01. The first-order valence-electron chi connectivity index (χ1n) is 4.81. The van der Waals surface area contributed by atoms with Gasteiger partial charge in [0.05, 0.1) is 10.7 Å². The van der Waals surface area contributed by atoms with Crippen LogP contribution in [0.5, 0.6) is 0 Å². The SMILES string of the molecule is Cc1ccc(Nc2cccc(Br)n2)c(Cl)c1. The average Bonchev–Trinajstić information content (AvgIpc) is 2.22. The third-order valence-electron chi connectivity index (χ3n) is 2.10. The van der Waals surface area contributed by atoms with Crippen LogP contribution < -0.4 is 5.32 Å². The summed E-state index contributed by atoms with van der Waals surface area (Å²) in [6, 6.07) is 11.6. The Labute approximate surface area is 108 Å². The lowest BCUT2D eigenvalue weighted by Gasteiger charge is -2.08. The Morgan fingerprint density at radius 2 is 2.06 bits per heavy atom. The lowest BCUT2D eigenvalue weighted by molar-refractivity contribution is 1.26. The van der Waals surface area contributed by atoms with Gasteiger partial charge in [-0.15, -0.1) is 0 Å². The third-order valence-corrected chi connectivity index (χ3v) is 2.86. The molecule has 0 aliphatic carbocycles. The highest BCUT2D eigenvalue weighted by molar-refractivity contribution is 9.10. The van der Waals surface area contributed by atoms with Crippen LogP contribution in [-0.4, -0.2) is 4.98 Å². The molecule has 16 heavy (non-hydrogen) atoms. The van der Waals surface area contributed by atoms with Crippen molar-refractivity contribution in [3.8, 4) is 0 Å². The van der Waals surface area contributed by atoms with E-state index in [1.807, 2.05) is 43.3 Å². The summed E-state index contributed by atoms with van der Waals surface area (Å²) < 4.78 is 0.792. The van der Waals surface area contributed by atoms with Gasteiger partial charge in [0.2, 0.25) is 0 Å². The van der Waals surface area contributed by atoms with Crippen molar-refractivity contribution < 1.29 is 0 Å². The third kappa shape index (κ3) is 2.74. The Morgan fingerprint density at radius 1 is 1.25 bits per heavy atom. The van der Waals surface area contributed by atoms with Crippen LogP contribution in [0.15, 0.2) is 41.0 Å². The van der Waals surface area contributed by atoms with Crippen LogP contribution in [0.25, 0.3) is 0 Å². The van der Waals surface area contributed by atoms with Crippen molar-refractivity contribution in [2.45, 2.75) is 6.92 Å². The van der Waals surface area contributed by atoms with Gasteiger partial charge in [0.25, 0.3) is 0 Å². The minimum absolute atomic E-state index is 0.696.